The quantitative estimate of drug-likeness (QED) is 0.434. The third-order valence-corrected chi connectivity index (χ3v) is 7.95. The molecule has 1 aromatic heterocycles. The number of hydrogen-bond donors (Lipinski definition) is 0. The second-order valence-electron chi connectivity index (χ2n) is 8.27. The minimum Gasteiger partial charge on any atom is -0.240 e. The molecule has 0 spiro atoms. The van der Waals surface area contributed by atoms with Gasteiger partial charge in [-0.05, 0) is 29.7 Å². The van der Waals surface area contributed by atoms with Crippen molar-refractivity contribution in [3.8, 4) is 16.9 Å². The van der Waals surface area contributed by atoms with Gasteiger partial charge in [0.2, 0.25) is 0 Å². The van der Waals surface area contributed by atoms with E-state index in [1.807, 2.05) is 89.7 Å². The average Bonchev–Trinajstić information content (AvgIpc) is 3.28. The van der Waals surface area contributed by atoms with E-state index in [2.05, 4.69) is 6.07 Å². The van der Waals surface area contributed by atoms with E-state index in [0.717, 1.165) is 34.5 Å². The van der Waals surface area contributed by atoms with Gasteiger partial charge >= 0.3 is 0 Å². The predicted octanol–water partition coefficient (Wildman–Crippen LogP) is 4.27. The Kier molecular flexibility index (Phi) is 5.85. The molecule has 168 valence electrons. The number of aromatic nitrogens is 2. The van der Waals surface area contributed by atoms with Crippen molar-refractivity contribution in [1.29, 1.82) is 0 Å². The molecule has 1 aliphatic heterocycles. The summed E-state index contributed by atoms with van der Waals surface area (Å²) in [7, 11) is -1.98. The lowest BCUT2D eigenvalue weighted by molar-refractivity contribution is 0.342. The van der Waals surface area contributed by atoms with Crippen LogP contribution in [0.15, 0.2) is 91.1 Å². The molecule has 0 aliphatic carbocycles. The van der Waals surface area contributed by atoms with Gasteiger partial charge in [0.15, 0.2) is 0 Å². The van der Waals surface area contributed by atoms with Crippen molar-refractivity contribution in [2.75, 3.05) is 13.6 Å². The van der Waals surface area contributed by atoms with E-state index in [1.165, 1.54) is 9.87 Å². The van der Waals surface area contributed by atoms with Crippen LogP contribution in [-0.2, 0) is 29.7 Å². The molecular formula is C26H26N4O2S. The van der Waals surface area contributed by atoms with Crippen molar-refractivity contribution >= 4 is 10.2 Å². The van der Waals surface area contributed by atoms with Crippen LogP contribution >= 0.6 is 0 Å². The molecule has 0 amide bonds. The summed E-state index contributed by atoms with van der Waals surface area (Å²) in [4.78, 5) is 0. The van der Waals surface area contributed by atoms with Crippen LogP contribution in [0.1, 0.15) is 16.7 Å². The van der Waals surface area contributed by atoms with Gasteiger partial charge < -0.3 is 0 Å². The van der Waals surface area contributed by atoms with Gasteiger partial charge in [-0.3, -0.25) is 0 Å². The number of hydrogen-bond acceptors (Lipinski definition) is 3. The van der Waals surface area contributed by atoms with Crippen LogP contribution in [0.4, 0.5) is 0 Å². The Hall–Kier alpha value is -3.26. The fraction of sp³-hybridized carbons (Fsp3) is 0.192. The molecule has 0 saturated carbocycles. The lowest BCUT2D eigenvalue weighted by atomic mass is 10.0. The van der Waals surface area contributed by atoms with Crippen LogP contribution < -0.4 is 0 Å². The van der Waals surface area contributed by atoms with Crippen LogP contribution in [0, 0.1) is 0 Å². The number of benzene rings is 3. The molecule has 0 atom stereocenters. The third kappa shape index (κ3) is 4.35. The summed E-state index contributed by atoms with van der Waals surface area (Å²) in [6.07, 6.45) is 2.65. The summed E-state index contributed by atoms with van der Waals surface area (Å²) < 4.78 is 31.7. The molecule has 0 fully saturated rings. The average molecular weight is 459 g/mol. The van der Waals surface area contributed by atoms with Crippen molar-refractivity contribution in [3.63, 3.8) is 0 Å². The molecule has 4 aromatic rings. The normalized spacial score (nSPS) is 14.4. The Balaban J connectivity index is 1.45. The zero-order valence-electron chi connectivity index (χ0n) is 18.5. The van der Waals surface area contributed by atoms with E-state index in [0.29, 0.717) is 13.1 Å². The maximum atomic E-state index is 13.4. The predicted molar refractivity (Wildman–Crippen MR) is 130 cm³/mol. The summed E-state index contributed by atoms with van der Waals surface area (Å²) in [6, 6.07) is 27.8. The van der Waals surface area contributed by atoms with Crippen molar-refractivity contribution < 1.29 is 8.42 Å². The van der Waals surface area contributed by atoms with Crippen LogP contribution in [-0.4, -0.2) is 40.4 Å². The van der Waals surface area contributed by atoms with Crippen molar-refractivity contribution in [3.05, 3.63) is 108 Å². The first-order valence-electron chi connectivity index (χ1n) is 11.0. The first kappa shape index (κ1) is 21.6. The number of rotatable bonds is 6. The summed E-state index contributed by atoms with van der Waals surface area (Å²) in [5, 5.41) is 4.81. The van der Waals surface area contributed by atoms with Gasteiger partial charge in [-0.15, -0.1) is 0 Å². The first-order chi connectivity index (χ1) is 16.0. The van der Waals surface area contributed by atoms with Crippen molar-refractivity contribution in [1.82, 2.24) is 18.4 Å². The van der Waals surface area contributed by atoms with Crippen molar-refractivity contribution in [2.24, 2.45) is 0 Å². The molecule has 5 rings (SSSR count). The van der Waals surface area contributed by atoms with Gasteiger partial charge in [0.25, 0.3) is 10.2 Å². The van der Waals surface area contributed by atoms with E-state index < -0.39 is 10.2 Å². The Morgan fingerprint density at radius 1 is 0.879 bits per heavy atom. The SMILES string of the molecule is CN(Cc1cn(-c2ccccc2)nc1-c1ccccc1)S(=O)(=O)N1CCc2ccccc2C1. The smallest absolute Gasteiger partial charge is 0.240 e. The van der Waals surface area contributed by atoms with E-state index in [-0.39, 0.29) is 6.54 Å². The fourth-order valence-electron chi connectivity index (χ4n) is 4.26. The summed E-state index contributed by atoms with van der Waals surface area (Å²) in [6.45, 7) is 1.12. The first-order valence-corrected chi connectivity index (χ1v) is 12.4. The summed E-state index contributed by atoms with van der Waals surface area (Å²) in [5.74, 6) is 0. The van der Waals surface area contributed by atoms with E-state index in [9.17, 15) is 8.42 Å². The maximum absolute atomic E-state index is 13.4. The van der Waals surface area contributed by atoms with Crippen molar-refractivity contribution in [2.45, 2.75) is 19.5 Å². The molecule has 0 bridgehead atoms. The molecule has 7 heteroatoms. The summed E-state index contributed by atoms with van der Waals surface area (Å²) in [5.41, 5.74) is 5.82. The Morgan fingerprint density at radius 2 is 1.52 bits per heavy atom. The minimum atomic E-state index is -3.63. The Labute approximate surface area is 194 Å². The molecule has 33 heavy (non-hydrogen) atoms. The van der Waals surface area contributed by atoms with Gasteiger partial charge in [0, 0.05) is 44.0 Å². The van der Waals surface area contributed by atoms with E-state index in [4.69, 9.17) is 5.10 Å². The van der Waals surface area contributed by atoms with Gasteiger partial charge in [0.1, 0.15) is 0 Å². The lowest BCUT2D eigenvalue weighted by Gasteiger charge is -2.31. The molecule has 0 N–H and O–H groups in total. The van der Waals surface area contributed by atoms with E-state index in [1.54, 1.807) is 11.4 Å². The maximum Gasteiger partial charge on any atom is 0.282 e. The van der Waals surface area contributed by atoms with Gasteiger partial charge in [-0.1, -0.05) is 72.8 Å². The number of nitrogens with zero attached hydrogens (tertiary/aromatic N) is 4. The molecule has 2 heterocycles. The van der Waals surface area contributed by atoms with Gasteiger partial charge in [0.05, 0.1) is 11.4 Å². The fourth-order valence-corrected chi connectivity index (χ4v) is 5.58. The highest BCUT2D eigenvalue weighted by Crippen LogP contribution is 2.27. The van der Waals surface area contributed by atoms with Crippen LogP contribution in [0.5, 0.6) is 0 Å². The molecular weight excluding hydrogens is 432 g/mol. The van der Waals surface area contributed by atoms with Gasteiger partial charge in [-0.2, -0.15) is 22.1 Å². The summed E-state index contributed by atoms with van der Waals surface area (Å²) >= 11 is 0. The highest BCUT2D eigenvalue weighted by molar-refractivity contribution is 7.86. The Bertz CT molecular complexity index is 1350. The molecule has 0 unspecified atom stereocenters. The van der Waals surface area contributed by atoms with Crippen LogP contribution in [0.25, 0.3) is 16.9 Å². The second-order valence-corrected chi connectivity index (χ2v) is 10.3. The largest absolute Gasteiger partial charge is 0.282 e. The zero-order valence-corrected chi connectivity index (χ0v) is 19.3. The highest BCUT2D eigenvalue weighted by atomic mass is 32.2. The monoisotopic (exact) mass is 458 g/mol. The van der Waals surface area contributed by atoms with Crippen LogP contribution in [0.2, 0.25) is 0 Å². The van der Waals surface area contributed by atoms with Gasteiger partial charge in [-0.25, -0.2) is 4.68 Å². The second kappa shape index (κ2) is 8.94. The molecule has 6 nitrogen and oxygen atoms in total. The molecule has 3 aromatic carbocycles. The molecule has 0 saturated heterocycles. The minimum absolute atomic E-state index is 0.234. The molecule has 0 radical (unpaired) electrons. The standard InChI is InChI=1S/C26H26N4O2S/c1-28(33(31,32)29-17-16-21-10-8-9-13-23(21)19-29)18-24-20-30(25-14-6-3-7-15-25)27-26(24)22-11-4-2-5-12-22/h2-15,20H,16-19H2,1H3. The molecule has 1 aliphatic rings. The lowest BCUT2D eigenvalue weighted by Crippen LogP contribution is -2.43. The number of para-hydroxylation sites is 1. The third-order valence-electron chi connectivity index (χ3n) is 6.07. The number of fused-ring (bicyclic) bond motifs is 1. The highest BCUT2D eigenvalue weighted by Gasteiger charge is 2.31. The Morgan fingerprint density at radius 3 is 2.24 bits per heavy atom. The van der Waals surface area contributed by atoms with E-state index >= 15 is 0 Å². The topological polar surface area (TPSA) is 58.4 Å². The van der Waals surface area contributed by atoms with Crippen LogP contribution in [0.3, 0.4) is 0 Å². The zero-order chi connectivity index (χ0) is 22.8.